The number of rotatable bonds is 4. The van der Waals surface area contributed by atoms with E-state index in [9.17, 15) is 9.59 Å². The lowest BCUT2D eigenvalue weighted by Crippen LogP contribution is -2.28. The summed E-state index contributed by atoms with van der Waals surface area (Å²) in [6.45, 7) is 0. The average Bonchev–Trinajstić information content (AvgIpc) is 3.10. The standard InChI is InChI=1S/C27H18O2/c28-17-19-7-5-9-21(15-19)27(22-10-6-8-20(16-22)18-29)25-13-3-1-11-23(25)24-12-2-4-14-26(24)27/h1-18H. The first-order chi connectivity index (χ1) is 14.3. The highest BCUT2D eigenvalue weighted by molar-refractivity contribution is 5.87. The van der Waals surface area contributed by atoms with Crippen LogP contribution in [0.2, 0.25) is 0 Å². The highest BCUT2D eigenvalue weighted by Crippen LogP contribution is 2.55. The topological polar surface area (TPSA) is 34.1 Å². The van der Waals surface area contributed by atoms with Crippen LogP contribution in [0.15, 0.2) is 97.1 Å². The third-order valence-corrected chi connectivity index (χ3v) is 5.86. The predicted molar refractivity (Wildman–Crippen MR) is 115 cm³/mol. The maximum atomic E-state index is 11.6. The maximum Gasteiger partial charge on any atom is 0.150 e. The summed E-state index contributed by atoms with van der Waals surface area (Å²) >= 11 is 0. The number of hydrogen-bond donors (Lipinski definition) is 0. The number of carbonyl (C=O) groups excluding carboxylic acids is 2. The molecular formula is C27H18O2. The van der Waals surface area contributed by atoms with Crippen LogP contribution in [0.4, 0.5) is 0 Å². The minimum atomic E-state index is -0.592. The molecule has 0 spiro atoms. The summed E-state index contributed by atoms with van der Waals surface area (Å²) in [4.78, 5) is 23.1. The van der Waals surface area contributed by atoms with Gasteiger partial charge in [-0.05, 0) is 45.5 Å². The molecule has 4 aromatic rings. The minimum Gasteiger partial charge on any atom is -0.298 e. The van der Waals surface area contributed by atoms with E-state index < -0.39 is 5.41 Å². The first-order valence-electron chi connectivity index (χ1n) is 9.60. The Balaban J connectivity index is 1.97. The fourth-order valence-electron chi connectivity index (χ4n) is 4.71. The summed E-state index contributed by atoms with van der Waals surface area (Å²) in [7, 11) is 0. The van der Waals surface area contributed by atoms with Gasteiger partial charge in [-0.25, -0.2) is 0 Å². The molecule has 0 aliphatic heterocycles. The molecule has 29 heavy (non-hydrogen) atoms. The second-order valence-electron chi connectivity index (χ2n) is 7.33. The van der Waals surface area contributed by atoms with Crippen molar-refractivity contribution >= 4 is 12.6 Å². The lowest BCUT2D eigenvalue weighted by atomic mass is 9.67. The molecule has 0 radical (unpaired) electrons. The number of benzene rings is 4. The summed E-state index contributed by atoms with van der Waals surface area (Å²) in [5.41, 5.74) is 7.38. The molecule has 0 saturated carbocycles. The van der Waals surface area contributed by atoms with Crippen LogP contribution < -0.4 is 0 Å². The van der Waals surface area contributed by atoms with Crippen LogP contribution in [-0.2, 0) is 5.41 Å². The number of fused-ring (bicyclic) bond motifs is 3. The Labute approximate surface area is 169 Å². The zero-order valence-electron chi connectivity index (χ0n) is 15.7. The zero-order valence-corrected chi connectivity index (χ0v) is 15.7. The van der Waals surface area contributed by atoms with Crippen LogP contribution in [0, 0.1) is 0 Å². The average molecular weight is 374 g/mol. The van der Waals surface area contributed by atoms with Crippen molar-refractivity contribution in [2.45, 2.75) is 5.41 Å². The molecule has 0 fully saturated rings. The van der Waals surface area contributed by atoms with E-state index in [-0.39, 0.29) is 0 Å². The molecular weight excluding hydrogens is 356 g/mol. The van der Waals surface area contributed by atoms with Gasteiger partial charge in [0.2, 0.25) is 0 Å². The van der Waals surface area contributed by atoms with Crippen molar-refractivity contribution in [3.8, 4) is 11.1 Å². The van der Waals surface area contributed by atoms with Crippen LogP contribution in [0.5, 0.6) is 0 Å². The van der Waals surface area contributed by atoms with Crippen molar-refractivity contribution in [2.75, 3.05) is 0 Å². The highest BCUT2D eigenvalue weighted by atomic mass is 16.1. The fraction of sp³-hybridized carbons (Fsp3) is 0.0370. The maximum absolute atomic E-state index is 11.6. The molecule has 1 aliphatic rings. The van der Waals surface area contributed by atoms with E-state index in [1.807, 2.05) is 48.5 Å². The van der Waals surface area contributed by atoms with Gasteiger partial charge < -0.3 is 0 Å². The van der Waals surface area contributed by atoms with E-state index in [1.165, 1.54) is 11.1 Å². The Morgan fingerprint density at radius 2 is 0.966 bits per heavy atom. The lowest BCUT2D eigenvalue weighted by molar-refractivity contribution is 0.111. The molecule has 1 aliphatic carbocycles. The first-order valence-corrected chi connectivity index (χ1v) is 9.60. The second kappa shape index (κ2) is 6.68. The predicted octanol–water partition coefficient (Wildman–Crippen LogP) is 5.67. The van der Waals surface area contributed by atoms with Crippen LogP contribution in [0.3, 0.4) is 0 Å². The summed E-state index contributed by atoms with van der Waals surface area (Å²) in [5, 5.41) is 0. The van der Waals surface area contributed by atoms with Gasteiger partial charge in [0.25, 0.3) is 0 Å². The molecule has 0 heterocycles. The smallest absolute Gasteiger partial charge is 0.150 e. The third-order valence-electron chi connectivity index (χ3n) is 5.86. The molecule has 2 nitrogen and oxygen atoms in total. The normalized spacial score (nSPS) is 13.4. The van der Waals surface area contributed by atoms with Gasteiger partial charge in [-0.3, -0.25) is 9.59 Å². The van der Waals surface area contributed by atoms with Crippen LogP contribution >= 0.6 is 0 Å². The van der Waals surface area contributed by atoms with Crippen LogP contribution in [-0.4, -0.2) is 12.6 Å². The van der Waals surface area contributed by atoms with Crippen LogP contribution in [0.1, 0.15) is 43.0 Å². The largest absolute Gasteiger partial charge is 0.298 e. The molecule has 0 aromatic heterocycles. The summed E-state index contributed by atoms with van der Waals surface area (Å²) in [5.74, 6) is 0. The lowest BCUT2D eigenvalue weighted by Gasteiger charge is -2.34. The summed E-state index contributed by atoms with van der Waals surface area (Å²) in [6.07, 6.45) is 1.76. The van der Waals surface area contributed by atoms with Gasteiger partial charge in [0.1, 0.15) is 12.6 Å². The van der Waals surface area contributed by atoms with Gasteiger partial charge in [0, 0.05) is 11.1 Å². The Bertz CT molecular complexity index is 1150. The molecule has 0 N–H and O–H groups in total. The van der Waals surface area contributed by atoms with Gasteiger partial charge in [-0.15, -0.1) is 0 Å². The molecule has 4 aromatic carbocycles. The van der Waals surface area contributed by atoms with Crippen molar-refractivity contribution in [2.24, 2.45) is 0 Å². The molecule has 138 valence electrons. The molecule has 5 rings (SSSR count). The Kier molecular flexibility index (Phi) is 3.99. The summed E-state index contributed by atoms with van der Waals surface area (Å²) in [6, 6.07) is 32.3. The van der Waals surface area contributed by atoms with Crippen molar-refractivity contribution in [1.29, 1.82) is 0 Å². The molecule has 0 bridgehead atoms. The van der Waals surface area contributed by atoms with Crippen molar-refractivity contribution in [3.63, 3.8) is 0 Å². The highest BCUT2D eigenvalue weighted by Gasteiger charge is 2.45. The number of hydrogen-bond acceptors (Lipinski definition) is 2. The zero-order chi connectivity index (χ0) is 19.8. The molecule has 0 amide bonds. The minimum absolute atomic E-state index is 0.592. The van der Waals surface area contributed by atoms with Crippen LogP contribution in [0.25, 0.3) is 11.1 Å². The van der Waals surface area contributed by atoms with Gasteiger partial charge in [-0.2, -0.15) is 0 Å². The Morgan fingerprint density at radius 1 is 0.517 bits per heavy atom. The van der Waals surface area contributed by atoms with Gasteiger partial charge >= 0.3 is 0 Å². The summed E-state index contributed by atoms with van der Waals surface area (Å²) < 4.78 is 0. The molecule has 0 unspecified atom stereocenters. The van der Waals surface area contributed by atoms with Crippen molar-refractivity contribution < 1.29 is 9.59 Å². The second-order valence-corrected chi connectivity index (χ2v) is 7.33. The third kappa shape index (κ3) is 2.43. The van der Waals surface area contributed by atoms with Crippen molar-refractivity contribution in [3.05, 3.63) is 130 Å². The fourth-order valence-corrected chi connectivity index (χ4v) is 4.71. The van der Waals surface area contributed by atoms with Gasteiger partial charge in [0.15, 0.2) is 0 Å². The SMILES string of the molecule is O=Cc1cccc(C2(c3cccc(C=O)c3)c3ccccc3-c3ccccc32)c1. The van der Waals surface area contributed by atoms with Gasteiger partial charge in [0.05, 0.1) is 5.41 Å². The molecule has 0 atom stereocenters. The van der Waals surface area contributed by atoms with Gasteiger partial charge in [-0.1, -0.05) is 84.9 Å². The monoisotopic (exact) mass is 374 g/mol. The number of aldehydes is 2. The molecule has 2 heteroatoms. The number of carbonyl (C=O) groups is 2. The Hall–Kier alpha value is -3.78. The van der Waals surface area contributed by atoms with E-state index in [4.69, 9.17) is 0 Å². The van der Waals surface area contributed by atoms with E-state index in [0.29, 0.717) is 11.1 Å². The van der Waals surface area contributed by atoms with E-state index in [0.717, 1.165) is 34.8 Å². The van der Waals surface area contributed by atoms with Crippen molar-refractivity contribution in [1.82, 2.24) is 0 Å². The quantitative estimate of drug-likeness (QED) is 0.380. The van der Waals surface area contributed by atoms with E-state index >= 15 is 0 Å². The van der Waals surface area contributed by atoms with E-state index in [1.54, 1.807) is 0 Å². The van der Waals surface area contributed by atoms with E-state index in [2.05, 4.69) is 48.5 Å². The first kappa shape index (κ1) is 17.3. The Morgan fingerprint density at radius 3 is 1.41 bits per heavy atom. The molecule has 0 saturated heterocycles.